The van der Waals surface area contributed by atoms with E-state index in [2.05, 4.69) is 4.98 Å². The summed E-state index contributed by atoms with van der Waals surface area (Å²) >= 11 is 0. The fourth-order valence-electron chi connectivity index (χ4n) is 3.14. The molecule has 0 unspecified atom stereocenters. The minimum absolute atomic E-state index is 0.0179. The van der Waals surface area contributed by atoms with Gasteiger partial charge in [-0.25, -0.2) is 9.78 Å². The Balaban J connectivity index is 1.70. The number of benzene rings is 1. The van der Waals surface area contributed by atoms with Crippen molar-refractivity contribution in [2.24, 2.45) is 0 Å². The number of aromatic carboxylic acids is 1. The number of hydrogen-bond acceptors (Lipinski definition) is 5. The number of carbonyl (C=O) groups excluding carboxylic acids is 1. The number of methoxy groups -OCH3 is 1. The zero-order valence-electron chi connectivity index (χ0n) is 14.6. The topological polar surface area (TPSA) is 92.6 Å². The second-order valence-electron chi connectivity index (χ2n) is 6.30. The van der Waals surface area contributed by atoms with Crippen molar-refractivity contribution in [3.63, 3.8) is 0 Å². The van der Waals surface area contributed by atoms with Gasteiger partial charge in [0, 0.05) is 37.9 Å². The van der Waals surface area contributed by atoms with Crippen LogP contribution in [0.1, 0.15) is 34.8 Å². The van der Waals surface area contributed by atoms with Gasteiger partial charge in [0.15, 0.2) is 0 Å². The Labute approximate surface area is 151 Å². The van der Waals surface area contributed by atoms with Crippen LogP contribution in [0.4, 0.5) is 0 Å². The number of ether oxygens (including phenoxy) is 1. The van der Waals surface area contributed by atoms with E-state index >= 15 is 0 Å². The lowest BCUT2D eigenvalue weighted by molar-refractivity contribution is -0.136. The molecule has 2 heterocycles. The summed E-state index contributed by atoms with van der Waals surface area (Å²) < 4.78 is 4.91. The molecule has 0 saturated carbocycles. The number of likely N-dealkylation sites (tertiary alicyclic amines) is 1. The van der Waals surface area contributed by atoms with Gasteiger partial charge in [0.2, 0.25) is 5.91 Å². The standard InChI is InChI=1S/C19H21N3O4/c1-26-12-18(23)22-8-6-14(7-9-22)17-11-20-10-16(21-17)13-2-4-15(5-3-13)19(24)25/h2-5,10-11,14H,6-9,12H2,1H3,(H,24,25). The van der Waals surface area contributed by atoms with E-state index in [1.165, 1.54) is 7.11 Å². The Morgan fingerprint density at radius 3 is 2.50 bits per heavy atom. The number of rotatable bonds is 5. The maximum atomic E-state index is 11.9. The van der Waals surface area contributed by atoms with Crippen molar-refractivity contribution in [2.45, 2.75) is 18.8 Å². The molecule has 1 amide bonds. The number of carbonyl (C=O) groups is 2. The van der Waals surface area contributed by atoms with E-state index in [0.717, 1.165) is 29.8 Å². The molecule has 0 bridgehead atoms. The molecule has 0 spiro atoms. The van der Waals surface area contributed by atoms with Crippen molar-refractivity contribution >= 4 is 11.9 Å². The van der Waals surface area contributed by atoms with Crippen molar-refractivity contribution in [1.82, 2.24) is 14.9 Å². The molecule has 7 heteroatoms. The average molecular weight is 355 g/mol. The Kier molecular flexibility index (Phi) is 5.58. The molecule has 7 nitrogen and oxygen atoms in total. The Bertz CT molecular complexity index is 784. The quantitative estimate of drug-likeness (QED) is 0.884. The fourth-order valence-corrected chi connectivity index (χ4v) is 3.14. The highest BCUT2D eigenvalue weighted by atomic mass is 16.5. The second-order valence-corrected chi connectivity index (χ2v) is 6.30. The lowest BCUT2D eigenvalue weighted by atomic mass is 9.93. The maximum absolute atomic E-state index is 11.9. The number of hydrogen-bond donors (Lipinski definition) is 1. The fraction of sp³-hybridized carbons (Fsp3) is 0.368. The van der Waals surface area contributed by atoms with Gasteiger partial charge in [-0.3, -0.25) is 9.78 Å². The number of carboxylic acids is 1. The summed E-state index contributed by atoms with van der Waals surface area (Å²) in [6.45, 7) is 1.49. The molecule has 1 aliphatic rings. The number of amides is 1. The number of carboxylic acid groups (broad SMARTS) is 1. The van der Waals surface area contributed by atoms with Crippen LogP contribution in [0.25, 0.3) is 11.3 Å². The molecule has 136 valence electrons. The van der Waals surface area contributed by atoms with Gasteiger partial charge in [0.25, 0.3) is 0 Å². The smallest absolute Gasteiger partial charge is 0.335 e. The molecule has 2 aromatic rings. The molecule has 1 fully saturated rings. The first-order chi connectivity index (χ1) is 12.6. The van der Waals surface area contributed by atoms with Gasteiger partial charge in [-0.1, -0.05) is 12.1 Å². The molecule has 1 aromatic carbocycles. The Morgan fingerprint density at radius 1 is 1.19 bits per heavy atom. The molecular weight excluding hydrogens is 334 g/mol. The van der Waals surface area contributed by atoms with Crippen LogP contribution in [-0.2, 0) is 9.53 Å². The Hall–Kier alpha value is -2.80. The predicted octanol–water partition coefficient (Wildman–Crippen LogP) is 2.19. The van der Waals surface area contributed by atoms with Crippen molar-refractivity contribution in [3.05, 3.63) is 47.9 Å². The van der Waals surface area contributed by atoms with Crippen LogP contribution in [0.5, 0.6) is 0 Å². The van der Waals surface area contributed by atoms with E-state index in [-0.39, 0.29) is 24.0 Å². The summed E-state index contributed by atoms with van der Waals surface area (Å²) in [4.78, 5) is 33.7. The summed E-state index contributed by atoms with van der Waals surface area (Å²) in [5, 5.41) is 8.99. The summed E-state index contributed by atoms with van der Waals surface area (Å²) in [5.74, 6) is -0.678. The number of piperidine rings is 1. The zero-order chi connectivity index (χ0) is 18.5. The van der Waals surface area contributed by atoms with Gasteiger partial charge in [-0.15, -0.1) is 0 Å². The molecule has 0 atom stereocenters. The van der Waals surface area contributed by atoms with E-state index in [1.807, 2.05) is 4.90 Å². The zero-order valence-corrected chi connectivity index (χ0v) is 14.6. The highest BCUT2D eigenvalue weighted by Crippen LogP contribution is 2.28. The largest absolute Gasteiger partial charge is 0.478 e. The third-order valence-electron chi connectivity index (χ3n) is 4.61. The minimum Gasteiger partial charge on any atom is -0.478 e. The second kappa shape index (κ2) is 8.05. The van der Waals surface area contributed by atoms with Gasteiger partial charge in [0.05, 0.1) is 23.1 Å². The first-order valence-electron chi connectivity index (χ1n) is 8.51. The van der Waals surface area contributed by atoms with E-state index in [0.29, 0.717) is 13.1 Å². The minimum atomic E-state index is -0.953. The number of aromatic nitrogens is 2. The van der Waals surface area contributed by atoms with Crippen molar-refractivity contribution in [2.75, 3.05) is 26.8 Å². The van der Waals surface area contributed by atoms with Gasteiger partial charge >= 0.3 is 5.97 Å². The van der Waals surface area contributed by atoms with Crippen LogP contribution >= 0.6 is 0 Å². The third-order valence-corrected chi connectivity index (χ3v) is 4.61. The van der Waals surface area contributed by atoms with Crippen molar-refractivity contribution in [1.29, 1.82) is 0 Å². The lowest BCUT2D eigenvalue weighted by Gasteiger charge is -2.31. The summed E-state index contributed by atoms with van der Waals surface area (Å²) in [7, 11) is 1.52. The van der Waals surface area contributed by atoms with Crippen LogP contribution in [0.2, 0.25) is 0 Å². The Morgan fingerprint density at radius 2 is 1.88 bits per heavy atom. The lowest BCUT2D eigenvalue weighted by Crippen LogP contribution is -2.39. The number of nitrogens with zero attached hydrogens (tertiary/aromatic N) is 3. The normalized spacial score (nSPS) is 15.0. The van der Waals surface area contributed by atoms with Crippen molar-refractivity contribution in [3.8, 4) is 11.3 Å². The molecule has 0 aliphatic carbocycles. The van der Waals surface area contributed by atoms with Crippen molar-refractivity contribution < 1.29 is 19.4 Å². The summed E-state index contributed by atoms with van der Waals surface area (Å²) in [6.07, 6.45) is 5.13. The predicted molar refractivity (Wildman–Crippen MR) is 94.9 cm³/mol. The molecule has 1 saturated heterocycles. The van der Waals surface area contributed by atoms with Gasteiger partial charge in [0.1, 0.15) is 6.61 Å². The van der Waals surface area contributed by atoms with E-state index in [9.17, 15) is 9.59 Å². The molecule has 1 N–H and O–H groups in total. The van der Waals surface area contributed by atoms with E-state index in [4.69, 9.17) is 14.8 Å². The van der Waals surface area contributed by atoms with E-state index in [1.54, 1.807) is 36.7 Å². The molecule has 1 aliphatic heterocycles. The van der Waals surface area contributed by atoms with Gasteiger partial charge < -0.3 is 14.7 Å². The van der Waals surface area contributed by atoms with Crippen LogP contribution in [0.15, 0.2) is 36.7 Å². The van der Waals surface area contributed by atoms with Crippen LogP contribution in [-0.4, -0.2) is 58.7 Å². The average Bonchev–Trinajstić information content (AvgIpc) is 2.68. The summed E-state index contributed by atoms with van der Waals surface area (Å²) in [6, 6.07) is 6.60. The first-order valence-corrected chi connectivity index (χ1v) is 8.51. The SMILES string of the molecule is COCC(=O)N1CCC(c2cncc(-c3ccc(C(=O)O)cc3)n2)CC1. The highest BCUT2D eigenvalue weighted by Gasteiger charge is 2.24. The third kappa shape index (κ3) is 4.05. The summed E-state index contributed by atoms with van der Waals surface area (Å²) in [5.41, 5.74) is 2.70. The van der Waals surface area contributed by atoms with E-state index < -0.39 is 5.97 Å². The van der Waals surface area contributed by atoms with Crippen LogP contribution < -0.4 is 0 Å². The van der Waals surface area contributed by atoms with Crippen LogP contribution in [0, 0.1) is 0 Å². The molecule has 0 radical (unpaired) electrons. The highest BCUT2D eigenvalue weighted by molar-refractivity contribution is 5.88. The van der Waals surface area contributed by atoms with Crippen LogP contribution in [0.3, 0.4) is 0 Å². The van der Waals surface area contributed by atoms with Gasteiger partial charge in [-0.2, -0.15) is 0 Å². The molecule has 1 aromatic heterocycles. The first kappa shape index (κ1) is 18.0. The monoisotopic (exact) mass is 355 g/mol. The molecular formula is C19H21N3O4. The van der Waals surface area contributed by atoms with Gasteiger partial charge in [-0.05, 0) is 25.0 Å². The maximum Gasteiger partial charge on any atom is 0.335 e. The molecule has 3 rings (SSSR count). The molecule has 26 heavy (non-hydrogen) atoms.